The first-order chi connectivity index (χ1) is 8.42. The monoisotopic (exact) mass is 267 g/mol. The van der Waals surface area contributed by atoms with E-state index in [9.17, 15) is 13.2 Å². The van der Waals surface area contributed by atoms with Crippen LogP contribution in [0.4, 0.5) is 5.69 Å². The first-order valence-electron chi connectivity index (χ1n) is 5.33. The zero-order valence-electron chi connectivity index (χ0n) is 9.80. The number of hydrazone groups is 1. The van der Waals surface area contributed by atoms with E-state index in [0.29, 0.717) is 18.5 Å². The fourth-order valence-electron chi connectivity index (χ4n) is 1.65. The highest BCUT2D eigenvalue weighted by atomic mass is 32.2. The molecule has 0 unspecified atom stereocenters. The number of anilines is 1. The molecule has 0 atom stereocenters. The van der Waals surface area contributed by atoms with Crippen LogP contribution in [-0.4, -0.2) is 26.3 Å². The molecule has 1 amide bonds. The Balaban J connectivity index is 2.02. The maximum Gasteiger partial charge on any atom is 0.245 e. The molecule has 0 aliphatic carbocycles. The number of amides is 1. The predicted molar refractivity (Wildman–Crippen MR) is 68.8 cm³/mol. The summed E-state index contributed by atoms with van der Waals surface area (Å²) < 4.78 is 24.4. The van der Waals surface area contributed by atoms with Crippen molar-refractivity contribution < 1.29 is 13.2 Å². The lowest BCUT2D eigenvalue weighted by Crippen LogP contribution is -2.10. The van der Waals surface area contributed by atoms with Crippen molar-refractivity contribution in [2.45, 2.75) is 12.8 Å². The van der Waals surface area contributed by atoms with Crippen molar-refractivity contribution in [3.8, 4) is 0 Å². The van der Waals surface area contributed by atoms with Crippen molar-refractivity contribution >= 4 is 27.3 Å². The molecule has 0 aromatic heterocycles. The van der Waals surface area contributed by atoms with E-state index < -0.39 is 10.0 Å². The highest BCUT2D eigenvalue weighted by molar-refractivity contribution is 7.92. The Bertz CT molecular complexity index is 590. The molecule has 2 rings (SSSR count). The molecule has 1 aliphatic heterocycles. The van der Waals surface area contributed by atoms with E-state index >= 15 is 0 Å². The van der Waals surface area contributed by atoms with Crippen LogP contribution >= 0.6 is 0 Å². The summed E-state index contributed by atoms with van der Waals surface area (Å²) >= 11 is 0. The summed E-state index contributed by atoms with van der Waals surface area (Å²) in [4.78, 5) is 11.0. The molecule has 0 saturated carbocycles. The number of nitrogens with zero attached hydrogens (tertiary/aromatic N) is 1. The van der Waals surface area contributed by atoms with Crippen molar-refractivity contribution in [3.63, 3.8) is 0 Å². The Hall–Kier alpha value is -1.89. The third-order valence-electron chi connectivity index (χ3n) is 2.37. The van der Waals surface area contributed by atoms with Gasteiger partial charge in [0.15, 0.2) is 0 Å². The number of benzene rings is 1. The van der Waals surface area contributed by atoms with Crippen LogP contribution in [0.25, 0.3) is 0 Å². The molecule has 0 bridgehead atoms. The summed E-state index contributed by atoms with van der Waals surface area (Å²) in [6.45, 7) is 0. The second-order valence-electron chi connectivity index (χ2n) is 4.14. The minimum absolute atomic E-state index is 0.0969. The van der Waals surface area contributed by atoms with Crippen LogP contribution in [0.5, 0.6) is 0 Å². The van der Waals surface area contributed by atoms with Gasteiger partial charge >= 0.3 is 0 Å². The molecule has 0 spiro atoms. The Labute approximate surface area is 105 Å². The van der Waals surface area contributed by atoms with Gasteiger partial charge in [-0.25, -0.2) is 13.8 Å². The summed E-state index contributed by atoms with van der Waals surface area (Å²) in [7, 11) is -3.25. The van der Waals surface area contributed by atoms with Gasteiger partial charge in [-0.05, 0) is 17.7 Å². The molecular formula is C11H13N3O3S. The van der Waals surface area contributed by atoms with Gasteiger partial charge in [0.25, 0.3) is 0 Å². The second kappa shape index (κ2) is 4.77. The van der Waals surface area contributed by atoms with Crippen LogP contribution in [0.15, 0.2) is 29.4 Å². The first kappa shape index (κ1) is 12.6. The maximum absolute atomic E-state index is 11.0. The van der Waals surface area contributed by atoms with Crippen LogP contribution in [-0.2, 0) is 21.2 Å². The number of carbonyl (C=O) groups is 1. The van der Waals surface area contributed by atoms with E-state index in [1.807, 2.05) is 0 Å². The topological polar surface area (TPSA) is 87.6 Å². The van der Waals surface area contributed by atoms with Gasteiger partial charge in [-0.1, -0.05) is 12.1 Å². The van der Waals surface area contributed by atoms with Crippen LogP contribution in [0.2, 0.25) is 0 Å². The smallest absolute Gasteiger partial charge is 0.245 e. The average molecular weight is 267 g/mol. The summed E-state index contributed by atoms with van der Waals surface area (Å²) in [6.07, 6.45) is 2.01. The molecule has 1 aromatic carbocycles. The zero-order valence-corrected chi connectivity index (χ0v) is 10.6. The molecule has 7 heteroatoms. The standard InChI is InChI=1S/C11H13N3O3S/c1-18(16,17)14-9-4-2-8(3-5-9)6-10-7-11(15)13-12-10/h2-5,14H,6-7H2,1H3,(H,13,15). The number of rotatable bonds is 4. The molecule has 1 aromatic rings. The van der Waals surface area contributed by atoms with E-state index in [0.717, 1.165) is 17.5 Å². The molecule has 18 heavy (non-hydrogen) atoms. The molecule has 2 N–H and O–H groups in total. The van der Waals surface area contributed by atoms with Crippen LogP contribution in [0.3, 0.4) is 0 Å². The van der Waals surface area contributed by atoms with Crippen molar-refractivity contribution in [3.05, 3.63) is 29.8 Å². The van der Waals surface area contributed by atoms with Gasteiger partial charge in [0.2, 0.25) is 15.9 Å². The van der Waals surface area contributed by atoms with E-state index in [2.05, 4.69) is 15.2 Å². The SMILES string of the molecule is CS(=O)(=O)Nc1ccc(CC2=NNC(=O)C2)cc1. The highest BCUT2D eigenvalue weighted by Gasteiger charge is 2.14. The number of hydrogen-bond acceptors (Lipinski definition) is 4. The molecule has 0 radical (unpaired) electrons. The Morgan fingerprint density at radius 2 is 2.00 bits per heavy atom. The molecule has 96 valence electrons. The third kappa shape index (κ3) is 3.56. The van der Waals surface area contributed by atoms with E-state index in [-0.39, 0.29) is 5.91 Å². The number of hydrogen-bond donors (Lipinski definition) is 2. The van der Waals surface area contributed by atoms with Crippen molar-refractivity contribution in [1.29, 1.82) is 0 Å². The summed E-state index contributed by atoms with van der Waals surface area (Å²) in [6, 6.07) is 6.97. The van der Waals surface area contributed by atoms with Gasteiger partial charge in [-0.2, -0.15) is 5.10 Å². The van der Waals surface area contributed by atoms with Gasteiger partial charge in [0.1, 0.15) is 0 Å². The molecule has 0 saturated heterocycles. The predicted octanol–water partition coefficient (Wildman–Crippen LogP) is 0.476. The van der Waals surface area contributed by atoms with Gasteiger partial charge in [0, 0.05) is 12.1 Å². The first-order valence-corrected chi connectivity index (χ1v) is 7.22. The van der Waals surface area contributed by atoms with Crippen molar-refractivity contribution in [1.82, 2.24) is 5.43 Å². The fourth-order valence-corrected chi connectivity index (χ4v) is 2.21. The van der Waals surface area contributed by atoms with Gasteiger partial charge in [-0.15, -0.1) is 0 Å². The van der Waals surface area contributed by atoms with Crippen LogP contribution in [0, 0.1) is 0 Å². The molecule has 1 heterocycles. The zero-order chi connectivity index (χ0) is 13.2. The highest BCUT2D eigenvalue weighted by Crippen LogP contribution is 2.13. The maximum atomic E-state index is 11.0. The Morgan fingerprint density at radius 1 is 1.33 bits per heavy atom. The lowest BCUT2D eigenvalue weighted by molar-refractivity contribution is -0.119. The number of carbonyl (C=O) groups excluding carboxylic acids is 1. The molecular weight excluding hydrogens is 254 g/mol. The van der Waals surface area contributed by atoms with E-state index in [1.165, 1.54) is 0 Å². The average Bonchev–Trinajstić information content (AvgIpc) is 2.65. The lowest BCUT2D eigenvalue weighted by Gasteiger charge is -2.05. The van der Waals surface area contributed by atoms with E-state index in [1.54, 1.807) is 24.3 Å². The quantitative estimate of drug-likeness (QED) is 0.831. The van der Waals surface area contributed by atoms with E-state index in [4.69, 9.17) is 0 Å². The van der Waals surface area contributed by atoms with Crippen molar-refractivity contribution in [2.24, 2.45) is 5.10 Å². The molecule has 6 nitrogen and oxygen atoms in total. The minimum Gasteiger partial charge on any atom is -0.284 e. The van der Waals surface area contributed by atoms with Crippen LogP contribution < -0.4 is 10.1 Å². The fraction of sp³-hybridized carbons (Fsp3) is 0.273. The molecule has 0 fully saturated rings. The van der Waals surface area contributed by atoms with Gasteiger partial charge in [0.05, 0.1) is 18.4 Å². The normalized spacial score (nSPS) is 15.2. The third-order valence-corrected chi connectivity index (χ3v) is 2.98. The summed E-state index contributed by atoms with van der Waals surface area (Å²) in [5.74, 6) is -0.0969. The largest absolute Gasteiger partial charge is 0.284 e. The lowest BCUT2D eigenvalue weighted by atomic mass is 10.1. The minimum atomic E-state index is -3.25. The molecule has 1 aliphatic rings. The second-order valence-corrected chi connectivity index (χ2v) is 5.89. The van der Waals surface area contributed by atoms with Crippen LogP contribution in [0.1, 0.15) is 12.0 Å². The Morgan fingerprint density at radius 3 is 2.50 bits per heavy atom. The summed E-state index contributed by atoms with van der Waals surface area (Å²) in [5, 5.41) is 3.90. The van der Waals surface area contributed by atoms with Gasteiger partial charge < -0.3 is 0 Å². The van der Waals surface area contributed by atoms with Gasteiger partial charge in [-0.3, -0.25) is 9.52 Å². The summed E-state index contributed by atoms with van der Waals surface area (Å²) in [5.41, 5.74) is 4.66. The number of sulfonamides is 1. The van der Waals surface area contributed by atoms with Crippen molar-refractivity contribution in [2.75, 3.05) is 11.0 Å². The Kier molecular flexibility index (Phi) is 3.33. The number of nitrogens with one attached hydrogen (secondary N) is 2.